The largest absolute Gasteiger partial charge is 0.507 e. The van der Waals surface area contributed by atoms with E-state index in [-0.39, 0.29) is 11.2 Å². The molecule has 0 amide bonds. The number of nitriles is 1. The number of hydrogen-bond donors (Lipinski definition) is 1. The summed E-state index contributed by atoms with van der Waals surface area (Å²) in [5.74, 6) is 0.863. The molecular weight excluding hydrogens is 580 g/mol. The molecule has 0 fully saturated rings. The standard InChI is InChI=1S/C41H30N4O2/c1-41(2,3)33-16-9-15-30(38(33)46)40-44-37-29(14-10-17-35(37)45(40)27-11-5-4-6-12-27)32-23-26(34-21-25(24-42)19-20-43-34)22-31-28-13-7-8-18-36(28)47-39(31)32/h4-23,46H,1-3H3. The van der Waals surface area contributed by atoms with Gasteiger partial charge in [-0.1, -0.05) is 81.4 Å². The van der Waals surface area contributed by atoms with Gasteiger partial charge in [0.05, 0.1) is 33.9 Å². The molecule has 6 nitrogen and oxygen atoms in total. The molecule has 226 valence electrons. The molecule has 0 radical (unpaired) electrons. The molecule has 0 aliphatic rings. The Morgan fingerprint density at radius 2 is 1.53 bits per heavy atom. The van der Waals surface area contributed by atoms with Crippen molar-refractivity contribution in [3.8, 4) is 51.3 Å². The highest BCUT2D eigenvalue weighted by atomic mass is 16.3. The number of para-hydroxylation sites is 4. The summed E-state index contributed by atoms with van der Waals surface area (Å²) in [4.78, 5) is 9.94. The number of hydrogen-bond acceptors (Lipinski definition) is 5. The zero-order chi connectivity index (χ0) is 32.3. The highest BCUT2D eigenvalue weighted by molar-refractivity contribution is 6.13. The zero-order valence-corrected chi connectivity index (χ0v) is 26.2. The molecule has 3 heterocycles. The summed E-state index contributed by atoms with van der Waals surface area (Å²) >= 11 is 0. The predicted molar refractivity (Wildman–Crippen MR) is 188 cm³/mol. The lowest BCUT2D eigenvalue weighted by atomic mass is 9.85. The molecule has 5 aromatic carbocycles. The highest BCUT2D eigenvalue weighted by Gasteiger charge is 2.25. The van der Waals surface area contributed by atoms with Gasteiger partial charge in [-0.3, -0.25) is 9.55 Å². The number of phenolic OH excluding ortho intramolecular Hbond substituents is 1. The minimum absolute atomic E-state index is 0.221. The minimum Gasteiger partial charge on any atom is -0.507 e. The van der Waals surface area contributed by atoms with E-state index in [0.29, 0.717) is 22.6 Å². The highest BCUT2D eigenvalue weighted by Crippen LogP contribution is 2.44. The van der Waals surface area contributed by atoms with Crippen molar-refractivity contribution in [1.82, 2.24) is 14.5 Å². The first kappa shape index (κ1) is 28.3. The Balaban J connectivity index is 1.47. The molecule has 0 unspecified atom stereocenters. The second-order valence-electron chi connectivity index (χ2n) is 12.8. The van der Waals surface area contributed by atoms with Gasteiger partial charge in [-0.25, -0.2) is 4.98 Å². The maximum atomic E-state index is 11.7. The van der Waals surface area contributed by atoms with Crippen LogP contribution < -0.4 is 0 Å². The Bertz CT molecular complexity index is 2530. The van der Waals surface area contributed by atoms with E-state index in [2.05, 4.69) is 66.7 Å². The molecule has 0 atom stereocenters. The lowest BCUT2D eigenvalue weighted by molar-refractivity contribution is 0.448. The van der Waals surface area contributed by atoms with Crippen LogP contribution in [0.2, 0.25) is 0 Å². The van der Waals surface area contributed by atoms with E-state index in [4.69, 9.17) is 9.40 Å². The van der Waals surface area contributed by atoms with Gasteiger partial charge in [0.25, 0.3) is 0 Å². The first-order valence-electron chi connectivity index (χ1n) is 15.5. The molecule has 8 rings (SSSR count). The molecule has 0 aliphatic carbocycles. The van der Waals surface area contributed by atoms with Crippen molar-refractivity contribution in [2.24, 2.45) is 0 Å². The van der Waals surface area contributed by atoms with Crippen molar-refractivity contribution < 1.29 is 9.52 Å². The van der Waals surface area contributed by atoms with Gasteiger partial charge in [0.1, 0.15) is 22.7 Å². The molecule has 0 bridgehead atoms. The number of furan rings is 1. The zero-order valence-electron chi connectivity index (χ0n) is 26.2. The number of phenols is 1. The summed E-state index contributed by atoms with van der Waals surface area (Å²) in [5.41, 5.74) is 9.21. The second kappa shape index (κ2) is 10.7. The Labute approximate surface area is 271 Å². The first-order chi connectivity index (χ1) is 22.8. The van der Waals surface area contributed by atoms with Gasteiger partial charge < -0.3 is 9.52 Å². The summed E-state index contributed by atoms with van der Waals surface area (Å²) in [7, 11) is 0. The molecule has 1 N–H and O–H groups in total. The number of rotatable bonds is 4. The maximum absolute atomic E-state index is 11.7. The maximum Gasteiger partial charge on any atom is 0.149 e. The second-order valence-corrected chi connectivity index (χ2v) is 12.8. The van der Waals surface area contributed by atoms with Crippen molar-refractivity contribution in [1.29, 1.82) is 5.26 Å². The Kier molecular flexibility index (Phi) is 6.45. The van der Waals surface area contributed by atoms with E-state index in [0.717, 1.165) is 60.9 Å². The van der Waals surface area contributed by atoms with Gasteiger partial charge in [-0.05, 0) is 65.6 Å². The average Bonchev–Trinajstić information content (AvgIpc) is 3.67. The number of imidazole rings is 1. The fourth-order valence-corrected chi connectivity index (χ4v) is 6.50. The number of aromatic hydroxyl groups is 1. The Morgan fingerprint density at radius 3 is 2.34 bits per heavy atom. The number of nitrogens with zero attached hydrogens (tertiary/aromatic N) is 4. The van der Waals surface area contributed by atoms with Gasteiger partial charge in [-0.2, -0.15) is 5.26 Å². The predicted octanol–water partition coefficient (Wildman–Crippen LogP) is 10.2. The van der Waals surface area contributed by atoms with Crippen LogP contribution in [-0.2, 0) is 5.41 Å². The van der Waals surface area contributed by atoms with Crippen LogP contribution in [0.5, 0.6) is 5.75 Å². The van der Waals surface area contributed by atoms with Gasteiger partial charge in [0.15, 0.2) is 0 Å². The number of aromatic nitrogens is 3. The quantitative estimate of drug-likeness (QED) is 0.214. The van der Waals surface area contributed by atoms with Crippen LogP contribution in [0.4, 0.5) is 0 Å². The molecule has 47 heavy (non-hydrogen) atoms. The van der Waals surface area contributed by atoms with E-state index in [9.17, 15) is 10.4 Å². The van der Waals surface area contributed by atoms with E-state index < -0.39 is 0 Å². The third-order valence-electron chi connectivity index (χ3n) is 8.74. The fraction of sp³-hybridized carbons (Fsp3) is 0.0976. The molecule has 3 aromatic heterocycles. The summed E-state index contributed by atoms with van der Waals surface area (Å²) in [5, 5.41) is 23.3. The van der Waals surface area contributed by atoms with Crippen molar-refractivity contribution in [2.45, 2.75) is 26.2 Å². The fourth-order valence-electron chi connectivity index (χ4n) is 6.50. The molecule has 0 aliphatic heterocycles. The van der Waals surface area contributed by atoms with Crippen molar-refractivity contribution >= 4 is 33.0 Å². The topological polar surface area (TPSA) is 87.9 Å². The number of pyridine rings is 1. The normalized spacial score (nSPS) is 11.8. The van der Waals surface area contributed by atoms with E-state index >= 15 is 0 Å². The lowest BCUT2D eigenvalue weighted by Crippen LogP contribution is -2.11. The van der Waals surface area contributed by atoms with Crippen LogP contribution in [-0.4, -0.2) is 19.6 Å². The minimum atomic E-state index is -0.265. The molecule has 0 saturated heterocycles. The smallest absolute Gasteiger partial charge is 0.149 e. The van der Waals surface area contributed by atoms with Crippen LogP contribution in [0, 0.1) is 11.3 Å². The van der Waals surface area contributed by atoms with Gasteiger partial charge in [0, 0.05) is 39.3 Å². The van der Waals surface area contributed by atoms with E-state index in [1.54, 1.807) is 18.3 Å². The summed E-state index contributed by atoms with van der Waals surface area (Å²) in [6.07, 6.45) is 1.66. The Morgan fingerprint density at radius 1 is 0.766 bits per heavy atom. The van der Waals surface area contributed by atoms with Gasteiger partial charge >= 0.3 is 0 Å². The van der Waals surface area contributed by atoms with Crippen molar-refractivity contribution in [2.75, 3.05) is 0 Å². The van der Waals surface area contributed by atoms with Crippen LogP contribution in [0.1, 0.15) is 31.9 Å². The first-order valence-corrected chi connectivity index (χ1v) is 15.5. The van der Waals surface area contributed by atoms with Gasteiger partial charge in [0.2, 0.25) is 0 Å². The Hall–Kier alpha value is -6.19. The monoisotopic (exact) mass is 610 g/mol. The van der Waals surface area contributed by atoms with E-state index in [1.165, 1.54) is 0 Å². The lowest BCUT2D eigenvalue weighted by Gasteiger charge is -2.22. The molecular formula is C41H30N4O2. The SMILES string of the molecule is CC(C)(C)c1cccc(-c2nc3c(-c4cc(-c5cc(C#N)ccn5)cc5c4oc4ccccc45)cccc3n2-c2ccccc2)c1O. The molecule has 6 heteroatoms. The summed E-state index contributed by atoms with van der Waals surface area (Å²) in [6.45, 7) is 6.28. The van der Waals surface area contributed by atoms with Crippen LogP contribution in [0.15, 0.2) is 126 Å². The van der Waals surface area contributed by atoms with Crippen molar-refractivity contribution in [3.63, 3.8) is 0 Å². The third-order valence-corrected chi connectivity index (χ3v) is 8.74. The molecule has 0 spiro atoms. The third kappa shape index (κ3) is 4.63. The number of fused-ring (bicyclic) bond motifs is 4. The van der Waals surface area contributed by atoms with E-state index in [1.807, 2.05) is 72.8 Å². The van der Waals surface area contributed by atoms with Crippen LogP contribution in [0.3, 0.4) is 0 Å². The van der Waals surface area contributed by atoms with Crippen LogP contribution >= 0.6 is 0 Å². The summed E-state index contributed by atoms with van der Waals surface area (Å²) < 4.78 is 8.66. The average molecular weight is 611 g/mol. The summed E-state index contributed by atoms with van der Waals surface area (Å²) in [6, 6.07) is 40.0. The van der Waals surface area contributed by atoms with Crippen LogP contribution in [0.25, 0.3) is 72.4 Å². The molecule has 8 aromatic rings. The number of benzene rings is 5. The van der Waals surface area contributed by atoms with Crippen molar-refractivity contribution in [3.05, 3.63) is 133 Å². The molecule has 0 saturated carbocycles. The van der Waals surface area contributed by atoms with Gasteiger partial charge in [-0.15, -0.1) is 0 Å².